The van der Waals surface area contributed by atoms with Crippen LogP contribution in [-0.4, -0.2) is 30.0 Å². The maximum Gasteiger partial charge on any atom is 0.255 e. The molecule has 0 aromatic carbocycles. The van der Waals surface area contributed by atoms with Crippen LogP contribution in [0.1, 0.15) is 20.8 Å². The minimum atomic E-state index is -2.44. The molecule has 0 aliphatic rings. The zero-order chi connectivity index (χ0) is 10.5. The van der Waals surface area contributed by atoms with Gasteiger partial charge in [0.05, 0.1) is 6.61 Å². The van der Waals surface area contributed by atoms with Crippen molar-refractivity contribution in [1.82, 2.24) is 0 Å². The van der Waals surface area contributed by atoms with E-state index in [0.717, 1.165) is 5.75 Å². The lowest BCUT2D eigenvalue weighted by molar-refractivity contribution is 0.353. The molecule has 0 amide bonds. The van der Waals surface area contributed by atoms with Gasteiger partial charge in [0.1, 0.15) is 0 Å². The molecule has 13 heavy (non-hydrogen) atoms. The van der Waals surface area contributed by atoms with Gasteiger partial charge in [-0.2, -0.15) is 11.8 Å². The van der Waals surface area contributed by atoms with Crippen LogP contribution >= 0.6 is 29.7 Å². The zero-order valence-electron chi connectivity index (χ0n) is 8.99. The van der Waals surface area contributed by atoms with Crippen LogP contribution in [0.3, 0.4) is 0 Å². The standard InChI is InChI=1S/C8H19O2PS2/c1-8(2,3)13-11(4,9)10-6-7-12-5/h6-7H2,1-5H3. The Morgan fingerprint density at radius 1 is 1.38 bits per heavy atom. The Kier molecular flexibility index (Phi) is 6.08. The van der Waals surface area contributed by atoms with Crippen molar-refractivity contribution in [2.75, 3.05) is 25.3 Å². The normalized spacial score (nSPS) is 17.0. The molecular weight excluding hydrogens is 223 g/mol. The van der Waals surface area contributed by atoms with Crippen LogP contribution in [-0.2, 0) is 9.09 Å². The lowest BCUT2D eigenvalue weighted by Gasteiger charge is -2.22. The molecule has 80 valence electrons. The lowest BCUT2D eigenvalue weighted by Crippen LogP contribution is -2.07. The van der Waals surface area contributed by atoms with Crippen LogP contribution in [0.2, 0.25) is 0 Å². The molecule has 0 aliphatic heterocycles. The summed E-state index contributed by atoms with van der Waals surface area (Å²) in [5, 5.41) is 0. The first-order chi connectivity index (χ1) is 5.77. The third-order valence-electron chi connectivity index (χ3n) is 1.05. The largest absolute Gasteiger partial charge is 0.320 e. The van der Waals surface area contributed by atoms with Crippen LogP contribution < -0.4 is 0 Å². The second kappa shape index (κ2) is 5.69. The van der Waals surface area contributed by atoms with E-state index in [1.165, 1.54) is 11.4 Å². The maximum atomic E-state index is 11.8. The first kappa shape index (κ1) is 13.9. The molecule has 0 heterocycles. The summed E-state index contributed by atoms with van der Waals surface area (Å²) in [4.78, 5) is 0. The Morgan fingerprint density at radius 3 is 2.31 bits per heavy atom. The third kappa shape index (κ3) is 9.20. The molecule has 1 unspecified atom stereocenters. The second-order valence-corrected chi connectivity index (χ2v) is 10.5. The van der Waals surface area contributed by atoms with E-state index >= 15 is 0 Å². The van der Waals surface area contributed by atoms with Crippen LogP contribution in [0.4, 0.5) is 0 Å². The van der Waals surface area contributed by atoms with Gasteiger partial charge in [-0.1, -0.05) is 32.2 Å². The van der Waals surface area contributed by atoms with Gasteiger partial charge in [-0.05, 0) is 6.26 Å². The molecule has 0 saturated carbocycles. The average molecular weight is 242 g/mol. The van der Waals surface area contributed by atoms with E-state index in [1.807, 2.05) is 27.0 Å². The van der Waals surface area contributed by atoms with Crippen LogP contribution in [0.15, 0.2) is 0 Å². The maximum absolute atomic E-state index is 11.8. The number of thioether (sulfide) groups is 1. The molecular formula is C8H19O2PS2. The molecule has 0 spiro atoms. The van der Waals surface area contributed by atoms with Crippen molar-refractivity contribution in [3.05, 3.63) is 0 Å². The number of hydrogen-bond donors (Lipinski definition) is 0. The summed E-state index contributed by atoms with van der Waals surface area (Å²) in [6.45, 7) is 5.98. The van der Waals surface area contributed by atoms with Gasteiger partial charge < -0.3 is 4.52 Å². The molecule has 2 nitrogen and oxygen atoms in total. The van der Waals surface area contributed by atoms with Gasteiger partial charge >= 0.3 is 0 Å². The van der Waals surface area contributed by atoms with E-state index in [-0.39, 0.29) is 4.75 Å². The van der Waals surface area contributed by atoms with E-state index in [9.17, 15) is 4.57 Å². The molecule has 0 saturated heterocycles. The topological polar surface area (TPSA) is 26.3 Å². The Morgan fingerprint density at radius 2 is 1.92 bits per heavy atom. The minimum absolute atomic E-state index is 0.00361. The molecule has 0 radical (unpaired) electrons. The van der Waals surface area contributed by atoms with E-state index < -0.39 is 6.57 Å². The first-order valence-corrected chi connectivity index (χ1v) is 9.07. The van der Waals surface area contributed by atoms with E-state index in [1.54, 1.807) is 18.4 Å². The SMILES string of the molecule is CSCCOP(C)(=O)SC(C)(C)C. The fraction of sp³-hybridized carbons (Fsp3) is 1.00. The summed E-state index contributed by atoms with van der Waals surface area (Å²) in [7, 11) is 0. The van der Waals surface area contributed by atoms with E-state index in [2.05, 4.69) is 0 Å². The highest BCUT2D eigenvalue weighted by atomic mass is 32.7. The number of hydrogen-bond acceptors (Lipinski definition) is 4. The molecule has 0 bridgehead atoms. The number of rotatable bonds is 5. The predicted octanol–water partition coefficient (Wildman–Crippen LogP) is 3.72. The fourth-order valence-electron chi connectivity index (χ4n) is 0.810. The van der Waals surface area contributed by atoms with Crippen LogP contribution in [0, 0.1) is 0 Å². The monoisotopic (exact) mass is 242 g/mol. The van der Waals surface area contributed by atoms with Gasteiger partial charge in [0.2, 0.25) is 0 Å². The van der Waals surface area contributed by atoms with Gasteiger partial charge in [-0.25, -0.2) is 0 Å². The zero-order valence-corrected chi connectivity index (χ0v) is 11.5. The highest BCUT2D eigenvalue weighted by Gasteiger charge is 2.25. The summed E-state index contributed by atoms with van der Waals surface area (Å²) >= 11 is 3.14. The lowest BCUT2D eigenvalue weighted by atomic mass is 10.3. The fourth-order valence-corrected chi connectivity index (χ4v) is 6.02. The molecule has 5 heteroatoms. The Bertz CT molecular complexity index is 189. The predicted molar refractivity (Wildman–Crippen MR) is 65.2 cm³/mol. The van der Waals surface area contributed by atoms with Crippen molar-refractivity contribution < 1.29 is 9.09 Å². The molecule has 0 fully saturated rings. The Hall–Kier alpha value is 0.890. The van der Waals surface area contributed by atoms with Gasteiger partial charge in [-0.3, -0.25) is 4.57 Å². The van der Waals surface area contributed by atoms with Crippen molar-refractivity contribution in [1.29, 1.82) is 0 Å². The van der Waals surface area contributed by atoms with Crippen molar-refractivity contribution in [3.63, 3.8) is 0 Å². The van der Waals surface area contributed by atoms with Gasteiger partial charge in [0.15, 0.2) is 0 Å². The molecule has 0 aromatic rings. The third-order valence-corrected chi connectivity index (χ3v) is 6.11. The van der Waals surface area contributed by atoms with Crippen molar-refractivity contribution in [3.8, 4) is 0 Å². The van der Waals surface area contributed by atoms with Gasteiger partial charge in [-0.15, -0.1) is 0 Å². The van der Waals surface area contributed by atoms with Crippen molar-refractivity contribution in [2.24, 2.45) is 0 Å². The van der Waals surface area contributed by atoms with Crippen LogP contribution in [0.5, 0.6) is 0 Å². The highest BCUT2D eigenvalue weighted by Crippen LogP contribution is 2.61. The summed E-state index contributed by atoms with van der Waals surface area (Å²) in [6, 6.07) is 0. The van der Waals surface area contributed by atoms with E-state index in [0.29, 0.717) is 6.61 Å². The molecule has 0 aromatic heterocycles. The minimum Gasteiger partial charge on any atom is -0.320 e. The van der Waals surface area contributed by atoms with Gasteiger partial charge in [0.25, 0.3) is 6.57 Å². The summed E-state index contributed by atoms with van der Waals surface area (Å²) in [6.07, 6.45) is 2.01. The summed E-state index contributed by atoms with van der Waals surface area (Å²) in [5.74, 6) is 0.905. The van der Waals surface area contributed by atoms with Gasteiger partial charge in [0, 0.05) is 17.2 Å². The van der Waals surface area contributed by atoms with E-state index in [4.69, 9.17) is 4.52 Å². The summed E-state index contributed by atoms with van der Waals surface area (Å²) < 4.78 is 17.2. The van der Waals surface area contributed by atoms with Crippen LogP contribution in [0.25, 0.3) is 0 Å². The molecule has 0 aliphatic carbocycles. The quantitative estimate of drug-likeness (QED) is 0.542. The molecule has 1 atom stereocenters. The molecule has 0 N–H and O–H groups in total. The van der Waals surface area contributed by atoms with Crippen molar-refractivity contribution >= 4 is 29.7 Å². The summed E-state index contributed by atoms with van der Waals surface area (Å²) in [5.41, 5.74) is 0. The Balaban J connectivity index is 3.88. The first-order valence-electron chi connectivity index (χ1n) is 4.18. The average Bonchev–Trinajstić information content (AvgIpc) is 1.81. The smallest absolute Gasteiger partial charge is 0.255 e. The highest BCUT2D eigenvalue weighted by molar-refractivity contribution is 8.57. The Labute approximate surface area is 89.8 Å². The molecule has 0 rings (SSSR count). The van der Waals surface area contributed by atoms with Crippen molar-refractivity contribution in [2.45, 2.75) is 25.5 Å². The second-order valence-electron chi connectivity index (χ2n) is 3.80.